The van der Waals surface area contributed by atoms with E-state index in [0.29, 0.717) is 11.5 Å². The van der Waals surface area contributed by atoms with E-state index >= 15 is 0 Å². The lowest BCUT2D eigenvalue weighted by Gasteiger charge is -2.21. The van der Waals surface area contributed by atoms with Crippen LogP contribution in [-0.4, -0.2) is 6.16 Å². The minimum absolute atomic E-state index is 0.529. The summed E-state index contributed by atoms with van der Waals surface area (Å²) in [5, 5.41) is 0. The molecular weight excluding hydrogens is 372 g/mol. The molecule has 0 saturated heterocycles. The van der Waals surface area contributed by atoms with Crippen LogP contribution >= 0.6 is 0 Å². The van der Waals surface area contributed by atoms with Crippen LogP contribution in [0.5, 0.6) is 11.5 Å². The summed E-state index contributed by atoms with van der Waals surface area (Å²) in [5.74, 6) is 2.66. The van der Waals surface area contributed by atoms with E-state index in [1.165, 1.54) is 75.3 Å². The summed E-state index contributed by atoms with van der Waals surface area (Å²) in [6.45, 7) is 0. The maximum Gasteiger partial charge on any atom is 0.519 e. The summed E-state index contributed by atoms with van der Waals surface area (Å²) in [5.41, 5.74) is 2.63. The summed E-state index contributed by atoms with van der Waals surface area (Å²) in [6.07, 6.45) is 15.1. The summed E-state index contributed by atoms with van der Waals surface area (Å²) in [6, 6.07) is 15.7. The normalized spacial score (nSPS) is 18.1. The lowest BCUT2D eigenvalue weighted by atomic mass is 9.85. The fourth-order valence-corrected chi connectivity index (χ4v) is 5.05. The number of benzene rings is 2. The molecular formula is C27H34O3. The molecule has 4 rings (SSSR count). The molecule has 3 nitrogen and oxygen atoms in total. The number of carbonyl (C=O) groups excluding carboxylic acids is 1. The van der Waals surface area contributed by atoms with Crippen LogP contribution < -0.4 is 9.47 Å². The molecule has 2 aromatic carbocycles. The van der Waals surface area contributed by atoms with E-state index in [2.05, 4.69) is 24.3 Å². The van der Waals surface area contributed by atoms with Crippen molar-refractivity contribution in [3.63, 3.8) is 0 Å². The van der Waals surface area contributed by atoms with E-state index < -0.39 is 6.16 Å². The maximum atomic E-state index is 12.1. The monoisotopic (exact) mass is 406 g/mol. The first-order chi connectivity index (χ1) is 14.7. The number of hydrogen-bond acceptors (Lipinski definition) is 3. The van der Waals surface area contributed by atoms with Crippen molar-refractivity contribution in [2.75, 3.05) is 0 Å². The molecule has 0 unspecified atom stereocenters. The summed E-state index contributed by atoms with van der Waals surface area (Å²) in [7, 11) is 0. The zero-order chi connectivity index (χ0) is 20.6. The van der Waals surface area contributed by atoms with Gasteiger partial charge in [0.25, 0.3) is 0 Å². The molecule has 0 amide bonds. The Bertz CT molecular complexity index is 714. The summed E-state index contributed by atoms with van der Waals surface area (Å²) >= 11 is 0. The van der Waals surface area contributed by atoms with Crippen LogP contribution in [0, 0.1) is 11.8 Å². The topological polar surface area (TPSA) is 35.5 Å². The van der Waals surface area contributed by atoms with Crippen molar-refractivity contribution >= 4 is 6.16 Å². The molecule has 0 heterocycles. The molecule has 2 saturated carbocycles. The van der Waals surface area contributed by atoms with Gasteiger partial charge in [0.1, 0.15) is 11.5 Å². The molecule has 0 radical (unpaired) electrons. The Morgan fingerprint density at radius 2 is 0.967 bits per heavy atom. The first kappa shape index (κ1) is 21.0. The molecule has 0 bridgehead atoms. The number of ether oxygens (including phenoxy) is 2. The van der Waals surface area contributed by atoms with Gasteiger partial charge in [-0.2, -0.15) is 0 Å². The molecule has 0 aromatic heterocycles. The molecule has 0 aliphatic heterocycles. The van der Waals surface area contributed by atoms with Gasteiger partial charge in [0, 0.05) is 0 Å². The van der Waals surface area contributed by atoms with Gasteiger partial charge >= 0.3 is 6.16 Å². The van der Waals surface area contributed by atoms with Crippen LogP contribution in [0.25, 0.3) is 0 Å². The Labute approximate surface area is 180 Å². The molecule has 30 heavy (non-hydrogen) atoms. The standard InChI is InChI=1S/C27H34O3/c28-27(29-25-15-11-23(12-16-25)19-21-7-3-1-4-8-21)30-26-17-13-24(14-18-26)20-22-9-5-2-6-10-22/h11-18,21-22H,1-10,19-20H2. The predicted octanol–water partition coefficient (Wildman–Crippen LogP) is 7.51. The smallest absolute Gasteiger partial charge is 0.395 e. The van der Waals surface area contributed by atoms with Gasteiger partial charge < -0.3 is 9.47 Å². The van der Waals surface area contributed by atoms with Gasteiger partial charge in [-0.25, -0.2) is 4.79 Å². The van der Waals surface area contributed by atoms with Crippen molar-refractivity contribution in [3.8, 4) is 11.5 Å². The maximum absolute atomic E-state index is 12.1. The number of hydrogen-bond donors (Lipinski definition) is 0. The van der Waals surface area contributed by atoms with Gasteiger partial charge in [-0.05, 0) is 60.1 Å². The predicted molar refractivity (Wildman–Crippen MR) is 120 cm³/mol. The van der Waals surface area contributed by atoms with Crippen LogP contribution in [0.15, 0.2) is 48.5 Å². The Kier molecular flexibility index (Phi) is 7.44. The Morgan fingerprint density at radius 1 is 0.600 bits per heavy atom. The van der Waals surface area contributed by atoms with Crippen molar-refractivity contribution in [2.24, 2.45) is 11.8 Å². The molecule has 2 aliphatic rings. The lowest BCUT2D eigenvalue weighted by molar-refractivity contribution is 0.152. The fourth-order valence-electron chi connectivity index (χ4n) is 5.05. The lowest BCUT2D eigenvalue weighted by Crippen LogP contribution is -2.14. The van der Waals surface area contributed by atoms with Crippen molar-refractivity contribution in [1.29, 1.82) is 0 Å². The molecule has 3 heteroatoms. The minimum Gasteiger partial charge on any atom is -0.395 e. The van der Waals surface area contributed by atoms with Gasteiger partial charge in [0.05, 0.1) is 0 Å². The highest BCUT2D eigenvalue weighted by Gasteiger charge is 2.15. The number of rotatable bonds is 6. The Balaban J connectivity index is 1.23. The van der Waals surface area contributed by atoms with Gasteiger partial charge in [0.15, 0.2) is 0 Å². The second-order valence-corrected chi connectivity index (χ2v) is 9.16. The second-order valence-electron chi connectivity index (χ2n) is 9.16. The second kappa shape index (κ2) is 10.7. The van der Waals surface area contributed by atoms with Gasteiger partial charge in [-0.3, -0.25) is 0 Å². The van der Waals surface area contributed by atoms with Gasteiger partial charge in [-0.15, -0.1) is 0 Å². The average molecular weight is 407 g/mol. The molecule has 2 aliphatic carbocycles. The third kappa shape index (κ3) is 6.35. The zero-order valence-corrected chi connectivity index (χ0v) is 18.0. The van der Waals surface area contributed by atoms with Crippen LogP contribution in [0.1, 0.15) is 75.3 Å². The highest BCUT2D eigenvalue weighted by Crippen LogP contribution is 2.28. The van der Waals surface area contributed by atoms with E-state index in [0.717, 1.165) is 24.7 Å². The van der Waals surface area contributed by atoms with Crippen LogP contribution in [-0.2, 0) is 12.8 Å². The number of carbonyl (C=O) groups is 1. The molecule has 2 fully saturated rings. The zero-order valence-electron chi connectivity index (χ0n) is 18.0. The highest BCUT2D eigenvalue weighted by atomic mass is 16.7. The minimum atomic E-state index is -0.685. The van der Waals surface area contributed by atoms with Crippen LogP contribution in [0.4, 0.5) is 4.79 Å². The van der Waals surface area contributed by atoms with Gasteiger partial charge in [0.2, 0.25) is 0 Å². The SMILES string of the molecule is O=C(Oc1ccc(CC2CCCCC2)cc1)Oc1ccc(CC2CCCCC2)cc1. The molecule has 0 N–H and O–H groups in total. The van der Waals surface area contributed by atoms with Crippen molar-refractivity contribution in [3.05, 3.63) is 59.7 Å². The first-order valence-corrected chi connectivity index (χ1v) is 11.8. The molecule has 2 aromatic rings. The van der Waals surface area contributed by atoms with E-state index in [1.54, 1.807) is 0 Å². The first-order valence-electron chi connectivity index (χ1n) is 11.8. The highest BCUT2D eigenvalue weighted by molar-refractivity contribution is 5.67. The Hall–Kier alpha value is -2.29. The van der Waals surface area contributed by atoms with E-state index in [4.69, 9.17) is 9.47 Å². The third-order valence-corrected chi connectivity index (χ3v) is 6.75. The van der Waals surface area contributed by atoms with Crippen LogP contribution in [0.2, 0.25) is 0 Å². The van der Waals surface area contributed by atoms with Crippen molar-refractivity contribution in [1.82, 2.24) is 0 Å². The van der Waals surface area contributed by atoms with Crippen molar-refractivity contribution in [2.45, 2.75) is 77.0 Å². The van der Waals surface area contributed by atoms with E-state index in [1.807, 2.05) is 24.3 Å². The largest absolute Gasteiger partial charge is 0.519 e. The van der Waals surface area contributed by atoms with Crippen molar-refractivity contribution < 1.29 is 14.3 Å². The molecule has 160 valence electrons. The van der Waals surface area contributed by atoms with E-state index in [9.17, 15) is 4.79 Å². The molecule has 0 spiro atoms. The average Bonchev–Trinajstić information content (AvgIpc) is 2.78. The quantitative estimate of drug-likeness (QED) is 0.368. The fraction of sp³-hybridized carbons (Fsp3) is 0.519. The molecule has 0 atom stereocenters. The van der Waals surface area contributed by atoms with E-state index in [-0.39, 0.29) is 0 Å². The Morgan fingerprint density at radius 3 is 1.33 bits per heavy atom. The van der Waals surface area contributed by atoms with Crippen LogP contribution in [0.3, 0.4) is 0 Å². The van der Waals surface area contributed by atoms with Gasteiger partial charge in [-0.1, -0.05) is 88.5 Å². The third-order valence-electron chi connectivity index (χ3n) is 6.75. The summed E-state index contributed by atoms with van der Waals surface area (Å²) in [4.78, 5) is 12.1. The summed E-state index contributed by atoms with van der Waals surface area (Å²) < 4.78 is 10.7.